The number of fused-ring (bicyclic) bond motifs is 1. The molecule has 0 saturated heterocycles. The maximum Gasteiger partial charge on any atom is 0.337 e. The van der Waals surface area contributed by atoms with Gasteiger partial charge in [-0.25, -0.2) is 4.79 Å². The zero-order valence-electron chi connectivity index (χ0n) is 15.4. The predicted molar refractivity (Wildman–Crippen MR) is 93.3 cm³/mol. The van der Waals surface area contributed by atoms with Gasteiger partial charge in [0.1, 0.15) is 11.5 Å². The van der Waals surface area contributed by atoms with Crippen molar-refractivity contribution in [1.82, 2.24) is 0 Å². The predicted octanol–water partition coefficient (Wildman–Crippen LogP) is 2.54. The number of carbonyl (C=O) groups is 4. The molecule has 0 aromatic heterocycles. The summed E-state index contributed by atoms with van der Waals surface area (Å²) in [5.41, 5.74) is -0.0157. The summed E-state index contributed by atoms with van der Waals surface area (Å²) in [5, 5.41) is 0. The molecule has 3 rings (SSSR count). The first-order valence-electron chi connectivity index (χ1n) is 8.27. The number of benzene rings is 1. The first-order valence-corrected chi connectivity index (χ1v) is 8.27. The zero-order valence-corrected chi connectivity index (χ0v) is 15.4. The van der Waals surface area contributed by atoms with Gasteiger partial charge in [-0.15, -0.1) is 0 Å². The molecule has 0 atom stereocenters. The highest BCUT2D eigenvalue weighted by Gasteiger charge is 2.38. The second kappa shape index (κ2) is 6.50. The normalized spacial score (nSPS) is 18.4. The van der Waals surface area contributed by atoms with Crippen LogP contribution < -0.4 is 4.74 Å². The van der Waals surface area contributed by atoms with Crippen molar-refractivity contribution in [3.05, 3.63) is 52.3 Å². The molecule has 7 heteroatoms. The fraction of sp³-hybridized carbons (Fsp3) is 0.300. The first kappa shape index (κ1) is 18.6. The van der Waals surface area contributed by atoms with Crippen molar-refractivity contribution in [1.29, 1.82) is 0 Å². The summed E-state index contributed by atoms with van der Waals surface area (Å²) in [5.74, 6) is -3.06. The van der Waals surface area contributed by atoms with Gasteiger partial charge >= 0.3 is 5.97 Å². The summed E-state index contributed by atoms with van der Waals surface area (Å²) in [7, 11) is 1.38. The lowest BCUT2D eigenvalue weighted by Crippen LogP contribution is -2.35. The molecule has 1 aliphatic heterocycles. The van der Waals surface area contributed by atoms with Gasteiger partial charge in [0, 0.05) is 31.4 Å². The summed E-state index contributed by atoms with van der Waals surface area (Å²) < 4.78 is 15.8. The van der Waals surface area contributed by atoms with Gasteiger partial charge in [-0.2, -0.15) is 0 Å². The second-order valence-corrected chi connectivity index (χ2v) is 6.66. The van der Waals surface area contributed by atoms with E-state index in [1.54, 1.807) is 26.0 Å². The molecule has 0 unspecified atom stereocenters. The average molecular weight is 370 g/mol. The Morgan fingerprint density at radius 2 is 1.81 bits per heavy atom. The van der Waals surface area contributed by atoms with Crippen LogP contribution in [0.5, 0.6) is 5.75 Å². The van der Waals surface area contributed by atoms with Gasteiger partial charge in [-0.05, 0) is 13.0 Å². The highest BCUT2D eigenvalue weighted by atomic mass is 16.7. The van der Waals surface area contributed by atoms with E-state index < -0.39 is 29.1 Å². The van der Waals surface area contributed by atoms with Crippen molar-refractivity contribution in [3.8, 4) is 5.75 Å². The highest BCUT2D eigenvalue weighted by molar-refractivity contribution is 6.37. The average Bonchev–Trinajstić information content (AvgIpc) is 2.56. The van der Waals surface area contributed by atoms with Crippen LogP contribution in [0.25, 0.3) is 0 Å². The molecule has 27 heavy (non-hydrogen) atoms. The fourth-order valence-electron chi connectivity index (χ4n) is 3.23. The Balaban J connectivity index is 2.12. The van der Waals surface area contributed by atoms with E-state index >= 15 is 0 Å². The van der Waals surface area contributed by atoms with Crippen molar-refractivity contribution in [2.24, 2.45) is 0 Å². The monoisotopic (exact) mass is 370 g/mol. The number of ketones is 3. The highest BCUT2D eigenvalue weighted by Crippen LogP contribution is 2.36. The third-order valence-corrected chi connectivity index (χ3v) is 4.23. The Morgan fingerprint density at radius 3 is 2.41 bits per heavy atom. The number of carbonyl (C=O) groups excluding carboxylic acids is 4. The number of ether oxygens (including phenoxy) is 3. The fourth-order valence-corrected chi connectivity index (χ4v) is 3.23. The Hall–Kier alpha value is -3.22. The van der Waals surface area contributed by atoms with E-state index in [0.717, 1.165) is 6.08 Å². The van der Waals surface area contributed by atoms with Crippen LogP contribution in [0.4, 0.5) is 0 Å². The maximum atomic E-state index is 13.0. The minimum absolute atomic E-state index is 0.00926. The molecule has 0 spiro atoms. The van der Waals surface area contributed by atoms with Crippen molar-refractivity contribution < 1.29 is 33.4 Å². The van der Waals surface area contributed by atoms with Crippen LogP contribution >= 0.6 is 0 Å². The van der Waals surface area contributed by atoms with Crippen molar-refractivity contribution in [3.63, 3.8) is 0 Å². The SMILES string of the molecule is COc1cccc2c1C(=O)C(C(C)=O)=C(CC1=CC(=O)OC(C)(C)O1)C2=O. The third kappa shape index (κ3) is 3.28. The van der Waals surface area contributed by atoms with Crippen LogP contribution in [0, 0.1) is 0 Å². The number of cyclic esters (lactones) is 1. The standard InChI is InChI=1S/C20H18O7/c1-10(21)16-13(8-11-9-15(22)27-20(2,3)26-11)18(23)12-6-5-7-14(25-4)17(12)19(16)24/h5-7,9H,8H2,1-4H3. The third-order valence-electron chi connectivity index (χ3n) is 4.23. The van der Waals surface area contributed by atoms with Gasteiger partial charge in [0.05, 0.1) is 24.3 Å². The van der Waals surface area contributed by atoms with Gasteiger partial charge in [0.2, 0.25) is 11.6 Å². The van der Waals surface area contributed by atoms with E-state index in [0.29, 0.717) is 0 Å². The molecule has 1 aliphatic carbocycles. The molecule has 2 aliphatic rings. The van der Waals surface area contributed by atoms with Gasteiger partial charge in [-0.3, -0.25) is 14.4 Å². The van der Waals surface area contributed by atoms with E-state index in [4.69, 9.17) is 14.2 Å². The summed E-state index contributed by atoms with van der Waals surface area (Å²) in [4.78, 5) is 49.9. The topological polar surface area (TPSA) is 96.0 Å². The first-order chi connectivity index (χ1) is 12.6. The van der Waals surface area contributed by atoms with Crippen molar-refractivity contribution >= 4 is 23.3 Å². The van der Waals surface area contributed by atoms with E-state index in [2.05, 4.69) is 0 Å². The smallest absolute Gasteiger partial charge is 0.337 e. The number of hydrogen-bond acceptors (Lipinski definition) is 7. The quantitative estimate of drug-likeness (QED) is 0.593. The second-order valence-electron chi connectivity index (χ2n) is 6.66. The molecule has 0 fully saturated rings. The van der Waals surface area contributed by atoms with E-state index in [1.165, 1.54) is 20.1 Å². The minimum Gasteiger partial charge on any atom is -0.496 e. The summed E-state index contributed by atoms with van der Waals surface area (Å²) in [6.45, 7) is 4.31. The van der Waals surface area contributed by atoms with E-state index in [9.17, 15) is 19.2 Å². The molecule has 0 N–H and O–H groups in total. The number of methoxy groups -OCH3 is 1. The van der Waals surface area contributed by atoms with E-state index in [1.807, 2.05) is 0 Å². The molecule has 1 aromatic carbocycles. The van der Waals surface area contributed by atoms with Crippen molar-refractivity contribution in [2.45, 2.75) is 33.0 Å². The van der Waals surface area contributed by atoms with Crippen LogP contribution in [-0.2, 0) is 19.1 Å². The van der Waals surface area contributed by atoms with Crippen LogP contribution in [0.2, 0.25) is 0 Å². The maximum absolute atomic E-state index is 13.0. The molecule has 140 valence electrons. The zero-order chi connectivity index (χ0) is 19.9. The number of Topliss-reactive ketones (excluding diaryl/α,β-unsaturated/α-hetero) is 3. The Labute approximate surface area is 155 Å². The van der Waals surface area contributed by atoms with Crippen LogP contribution in [0.15, 0.2) is 41.2 Å². The number of allylic oxidation sites excluding steroid dienone is 2. The lowest BCUT2D eigenvalue weighted by molar-refractivity contribution is -0.205. The van der Waals surface area contributed by atoms with Gasteiger partial charge < -0.3 is 14.2 Å². The molecule has 0 amide bonds. The molecule has 0 bridgehead atoms. The van der Waals surface area contributed by atoms with Gasteiger partial charge in [0.15, 0.2) is 11.6 Å². The van der Waals surface area contributed by atoms with Crippen LogP contribution in [0.1, 0.15) is 47.9 Å². The Bertz CT molecular complexity index is 947. The number of esters is 1. The van der Waals surface area contributed by atoms with Crippen LogP contribution in [-0.4, -0.2) is 36.2 Å². The van der Waals surface area contributed by atoms with Gasteiger partial charge in [0.25, 0.3) is 0 Å². The lowest BCUT2D eigenvalue weighted by Gasteiger charge is -2.31. The lowest BCUT2D eigenvalue weighted by atomic mass is 9.80. The minimum atomic E-state index is -1.21. The molecular weight excluding hydrogens is 352 g/mol. The molecule has 1 heterocycles. The van der Waals surface area contributed by atoms with Crippen molar-refractivity contribution in [2.75, 3.05) is 7.11 Å². The number of hydrogen-bond donors (Lipinski definition) is 0. The summed E-state index contributed by atoms with van der Waals surface area (Å²) in [6.07, 6.45) is 0.934. The van der Waals surface area contributed by atoms with Crippen LogP contribution in [0.3, 0.4) is 0 Å². The molecule has 7 nitrogen and oxygen atoms in total. The molecule has 0 saturated carbocycles. The number of rotatable bonds is 4. The molecular formula is C20H18O7. The largest absolute Gasteiger partial charge is 0.496 e. The Kier molecular flexibility index (Phi) is 4.47. The molecule has 0 radical (unpaired) electrons. The Morgan fingerprint density at radius 1 is 1.11 bits per heavy atom. The molecule has 1 aromatic rings. The summed E-state index contributed by atoms with van der Waals surface area (Å²) in [6, 6.07) is 4.65. The summed E-state index contributed by atoms with van der Waals surface area (Å²) >= 11 is 0. The van der Waals surface area contributed by atoms with Gasteiger partial charge in [-0.1, -0.05) is 12.1 Å². The van der Waals surface area contributed by atoms with E-state index in [-0.39, 0.29) is 40.2 Å².